The Balaban J connectivity index is 1.84. The van der Waals surface area contributed by atoms with Crippen LogP contribution in [0, 0.1) is 12.7 Å². The third-order valence-corrected chi connectivity index (χ3v) is 5.76. The van der Waals surface area contributed by atoms with Gasteiger partial charge in [-0.1, -0.05) is 0 Å². The molecule has 0 radical (unpaired) electrons. The maximum absolute atomic E-state index is 15.8. The lowest BCUT2D eigenvalue weighted by molar-refractivity contribution is 0.0821. The number of ketones is 1. The van der Waals surface area contributed by atoms with E-state index in [2.05, 4.69) is 4.98 Å². The van der Waals surface area contributed by atoms with Gasteiger partial charge in [-0.15, -0.1) is 0 Å². The number of halogens is 3. The number of methoxy groups -OCH3 is 2. The zero-order valence-corrected chi connectivity index (χ0v) is 20.3. The van der Waals surface area contributed by atoms with Crippen LogP contribution in [0.2, 0.25) is 0 Å². The molecule has 0 fully saturated rings. The number of aliphatic hydroxyl groups excluding tert-OH is 1. The Morgan fingerprint density at radius 3 is 2.39 bits per heavy atom. The van der Waals surface area contributed by atoms with E-state index in [9.17, 15) is 13.6 Å². The van der Waals surface area contributed by atoms with E-state index in [4.69, 9.17) is 19.3 Å². The van der Waals surface area contributed by atoms with E-state index in [0.29, 0.717) is 22.6 Å². The number of carbonyl (C=O) groups excluding carboxylic acids is 1. The van der Waals surface area contributed by atoms with Gasteiger partial charge in [-0.2, -0.15) is 0 Å². The molecule has 1 N–H and O–H groups in total. The van der Waals surface area contributed by atoms with Crippen LogP contribution in [0.25, 0.3) is 11.3 Å². The third kappa shape index (κ3) is 5.96. The van der Waals surface area contributed by atoms with Crippen LogP contribution in [0.3, 0.4) is 0 Å². The number of nitrogens with zero attached hydrogens (tertiary/aromatic N) is 1. The summed E-state index contributed by atoms with van der Waals surface area (Å²) in [4.78, 5) is 17.1. The number of hydrogen-bond acceptors (Lipinski definition) is 6. The predicted molar refractivity (Wildman–Crippen MR) is 129 cm³/mol. The topological polar surface area (TPSA) is 77.9 Å². The molecule has 0 aliphatic heterocycles. The molecule has 1 atom stereocenters. The number of hydrogen-bond donors (Lipinski definition) is 1. The van der Waals surface area contributed by atoms with Gasteiger partial charge in [0.2, 0.25) is 0 Å². The van der Waals surface area contributed by atoms with Crippen molar-refractivity contribution in [2.45, 2.75) is 25.4 Å². The summed E-state index contributed by atoms with van der Waals surface area (Å²) in [6.45, 7) is 0.0627. The number of rotatable bonds is 12. The van der Waals surface area contributed by atoms with Crippen molar-refractivity contribution in [2.24, 2.45) is 0 Å². The molecule has 9 heteroatoms. The van der Waals surface area contributed by atoms with Crippen LogP contribution >= 0.6 is 0 Å². The van der Waals surface area contributed by atoms with Crippen LogP contribution in [0.1, 0.15) is 34.5 Å². The van der Waals surface area contributed by atoms with E-state index < -0.39 is 30.4 Å². The van der Waals surface area contributed by atoms with Crippen molar-refractivity contribution in [1.82, 2.24) is 4.98 Å². The van der Waals surface area contributed by atoms with Crippen LogP contribution in [0.15, 0.2) is 48.5 Å². The highest BCUT2D eigenvalue weighted by Gasteiger charge is 2.35. The van der Waals surface area contributed by atoms with Crippen molar-refractivity contribution in [2.75, 3.05) is 34.1 Å². The SMILES string of the molecule is COc1cc(C(=O)CCC(F)(CF)c2ccc(OC)c(-c3ccc(F)c(C)c3)n2)ccc1OCCO. The van der Waals surface area contributed by atoms with Gasteiger partial charge in [0.15, 0.2) is 23.0 Å². The number of carbonyl (C=O) groups is 1. The number of ether oxygens (including phenoxy) is 3. The maximum Gasteiger partial charge on any atom is 0.181 e. The minimum absolute atomic E-state index is 0.0544. The van der Waals surface area contributed by atoms with Gasteiger partial charge in [0.25, 0.3) is 0 Å². The second-order valence-electron chi connectivity index (χ2n) is 8.17. The normalized spacial score (nSPS) is 12.6. The first-order valence-corrected chi connectivity index (χ1v) is 11.3. The Morgan fingerprint density at radius 2 is 1.75 bits per heavy atom. The predicted octanol–water partition coefficient (Wildman–Crippen LogP) is 5.38. The van der Waals surface area contributed by atoms with Gasteiger partial charge in [0, 0.05) is 17.5 Å². The molecular formula is C27H28F3NO5. The van der Waals surface area contributed by atoms with Gasteiger partial charge in [0.1, 0.15) is 30.5 Å². The molecule has 0 saturated heterocycles. The molecular weight excluding hydrogens is 475 g/mol. The smallest absolute Gasteiger partial charge is 0.181 e. The van der Waals surface area contributed by atoms with Crippen LogP contribution in [-0.2, 0) is 5.67 Å². The lowest BCUT2D eigenvalue weighted by Crippen LogP contribution is -2.26. The maximum atomic E-state index is 15.8. The van der Waals surface area contributed by atoms with E-state index in [0.717, 1.165) is 0 Å². The van der Waals surface area contributed by atoms with Crippen LogP contribution < -0.4 is 14.2 Å². The summed E-state index contributed by atoms with van der Waals surface area (Å²) in [6.07, 6.45) is -0.742. The summed E-state index contributed by atoms with van der Waals surface area (Å²) in [5.41, 5.74) is -1.38. The summed E-state index contributed by atoms with van der Waals surface area (Å²) in [6, 6.07) is 11.5. The minimum atomic E-state index is -2.53. The van der Waals surface area contributed by atoms with Crippen LogP contribution in [0.5, 0.6) is 17.2 Å². The zero-order chi connectivity index (χ0) is 26.3. The second kappa shape index (κ2) is 11.9. The average Bonchev–Trinajstić information content (AvgIpc) is 2.91. The van der Waals surface area contributed by atoms with Gasteiger partial charge >= 0.3 is 0 Å². The molecule has 2 aromatic carbocycles. The van der Waals surface area contributed by atoms with Crippen molar-refractivity contribution in [3.05, 3.63) is 71.2 Å². The molecule has 36 heavy (non-hydrogen) atoms. The monoisotopic (exact) mass is 503 g/mol. The molecule has 1 unspecified atom stereocenters. The van der Waals surface area contributed by atoms with Gasteiger partial charge in [0.05, 0.1) is 26.5 Å². The summed E-state index contributed by atoms with van der Waals surface area (Å²) in [5, 5.41) is 8.92. The molecule has 3 aromatic rings. The summed E-state index contributed by atoms with van der Waals surface area (Å²) < 4.78 is 59.5. The summed E-state index contributed by atoms with van der Waals surface area (Å²) in [5.74, 6) is 0.124. The largest absolute Gasteiger partial charge is 0.494 e. The Labute approximate surface area is 207 Å². The number of pyridine rings is 1. The molecule has 0 saturated carbocycles. The van der Waals surface area contributed by atoms with Crippen molar-refractivity contribution in [3.63, 3.8) is 0 Å². The number of Topliss-reactive ketones (excluding diaryl/α,β-unsaturated/α-hetero) is 1. The summed E-state index contributed by atoms with van der Waals surface area (Å²) >= 11 is 0. The molecule has 3 rings (SSSR count). The number of aliphatic hydroxyl groups is 1. The fourth-order valence-electron chi connectivity index (χ4n) is 3.69. The first kappa shape index (κ1) is 27.0. The quantitative estimate of drug-likeness (QED) is 0.335. The standard InChI is InChI=1S/C27H28F3NO5/c1-17-14-19(4-6-20(17)29)26-23(34-2)8-9-25(31-26)27(30,16-28)11-10-21(33)18-5-7-22(36-13-12-32)24(15-18)35-3/h4-9,14-15,32H,10-13,16H2,1-3H3. The lowest BCUT2D eigenvalue weighted by atomic mass is 9.93. The van der Waals surface area contributed by atoms with Gasteiger partial charge in [-0.05, 0) is 67.4 Å². The van der Waals surface area contributed by atoms with Crippen LogP contribution in [0.4, 0.5) is 13.2 Å². The molecule has 0 aliphatic rings. The fourth-order valence-corrected chi connectivity index (χ4v) is 3.69. The highest BCUT2D eigenvalue weighted by molar-refractivity contribution is 5.96. The average molecular weight is 504 g/mol. The van der Waals surface area contributed by atoms with Gasteiger partial charge in [-0.3, -0.25) is 4.79 Å². The Morgan fingerprint density at radius 1 is 1.03 bits per heavy atom. The number of alkyl halides is 2. The Hall–Kier alpha value is -3.59. The number of aryl methyl sites for hydroxylation is 1. The van der Waals surface area contributed by atoms with Crippen molar-refractivity contribution >= 4 is 5.78 Å². The molecule has 192 valence electrons. The van der Waals surface area contributed by atoms with E-state index in [1.807, 2.05) is 0 Å². The number of benzene rings is 2. The van der Waals surface area contributed by atoms with E-state index in [1.54, 1.807) is 13.0 Å². The highest BCUT2D eigenvalue weighted by Crippen LogP contribution is 2.37. The molecule has 0 spiro atoms. The fraction of sp³-hybridized carbons (Fsp3) is 0.333. The minimum Gasteiger partial charge on any atom is -0.494 e. The van der Waals surface area contributed by atoms with E-state index in [1.165, 1.54) is 56.7 Å². The van der Waals surface area contributed by atoms with Crippen molar-refractivity contribution in [3.8, 4) is 28.5 Å². The lowest BCUT2D eigenvalue weighted by Gasteiger charge is -2.23. The van der Waals surface area contributed by atoms with Crippen molar-refractivity contribution in [1.29, 1.82) is 0 Å². The molecule has 0 bridgehead atoms. The third-order valence-electron chi connectivity index (χ3n) is 5.76. The second-order valence-corrected chi connectivity index (χ2v) is 8.17. The zero-order valence-electron chi connectivity index (χ0n) is 20.3. The molecule has 0 aliphatic carbocycles. The Bertz CT molecular complexity index is 1220. The summed E-state index contributed by atoms with van der Waals surface area (Å²) in [7, 11) is 2.82. The first-order valence-electron chi connectivity index (χ1n) is 11.3. The molecule has 0 amide bonds. The van der Waals surface area contributed by atoms with E-state index >= 15 is 4.39 Å². The van der Waals surface area contributed by atoms with Gasteiger partial charge < -0.3 is 19.3 Å². The highest BCUT2D eigenvalue weighted by atomic mass is 19.2. The van der Waals surface area contributed by atoms with Crippen molar-refractivity contribution < 1.29 is 37.3 Å². The van der Waals surface area contributed by atoms with E-state index in [-0.39, 0.29) is 42.3 Å². The molecule has 6 nitrogen and oxygen atoms in total. The van der Waals surface area contributed by atoms with Crippen LogP contribution in [-0.4, -0.2) is 50.0 Å². The Kier molecular flexibility index (Phi) is 8.93. The molecule has 1 aromatic heterocycles. The van der Waals surface area contributed by atoms with Gasteiger partial charge in [-0.25, -0.2) is 18.2 Å². The first-order chi connectivity index (χ1) is 17.3. The number of aromatic nitrogens is 1. The molecule has 1 heterocycles.